The number of aryl methyl sites for hydroxylation is 1. The number of aliphatic hydroxyl groups is 1. The van der Waals surface area contributed by atoms with Crippen molar-refractivity contribution in [2.75, 3.05) is 13.2 Å². The van der Waals surface area contributed by atoms with Gasteiger partial charge < -0.3 is 14.9 Å². The quantitative estimate of drug-likeness (QED) is 0.748. The fraction of sp³-hybridized carbons (Fsp3) is 0.500. The molecule has 0 saturated carbocycles. The van der Waals surface area contributed by atoms with E-state index in [0.29, 0.717) is 18.8 Å². The van der Waals surface area contributed by atoms with E-state index >= 15 is 0 Å². The summed E-state index contributed by atoms with van der Waals surface area (Å²) in [6.07, 6.45) is 0.623. The minimum Gasteiger partial charge on any atom is -0.507 e. The molecule has 0 spiro atoms. The van der Waals surface area contributed by atoms with Crippen LogP contribution < -0.4 is 4.74 Å². The van der Waals surface area contributed by atoms with Crippen LogP contribution in [0.25, 0.3) is 0 Å². The Hall–Kier alpha value is -1.22. The molecule has 3 heteroatoms. The Balaban J connectivity index is 2.89. The van der Waals surface area contributed by atoms with Gasteiger partial charge in [-0.2, -0.15) is 0 Å². The normalized spacial score (nSPS) is 10.4. The molecule has 2 N–H and O–H groups in total. The van der Waals surface area contributed by atoms with E-state index in [1.165, 1.54) is 0 Å². The van der Waals surface area contributed by atoms with Crippen molar-refractivity contribution in [2.45, 2.75) is 27.2 Å². The molecule has 0 atom stereocenters. The van der Waals surface area contributed by atoms with Gasteiger partial charge in [0.2, 0.25) is 0 Å². The Morgan fingerprint density at radius 3 is 2.47 bits per heavy atom. The molecule has 0 radical (unpaired) electrons. The van der Waals surface area contributed by atoms with Crippen LogP contribution in [-0.4, -0.2) is 23.4 Å². The summed E-state index contributed by atoms with van der Waals surface area (Å²) in [4.78, 5) is 0. The van der Waals surface area contributed by atoms with Crippen LogP contribution in [0.15, 0.2) is 6.07 Å². The van der Waals surface area contributed by atoms with Crippen molar-refractivity contribution in [3.8, 4) is 11.5 Å². The fourth-order valence-electron chi connectivity index (χ4n) is 1.43. The molecule has 0 aliphatic carbocycles. The van der Waals surface area contributed by atoms with Gasteiger partial charge in [-0.3, -0.25) is 0 Å². The largest absolute Gasteiger partial charge is 0.507 e. The van der Waals surface area contributed by atoms with E-state index in [9.17, 15) is 5.11 Å². The zero-order chi connectivity index (χ0) is 11.4. The molecule has 0 heterocycles. The first-order chi connectivity index (χ1) is 7.07. The highest BCUT2D eigenvalue weighted by atomic mass is 16.5. The maximum atomic E-state index is 9.69. The molecule has 15 heavy (non-hydrogen) atoms. The van der Waals surface area contributed by atoms with Crippen LogP contribution in [0.4, 0.5) is 0 Å². The summed E-state index contributed by atoms with van der Waals surface area (Å²) in [6.45, 7) is 6.27. The van der Waals surface area contributed by atoms with Crippen LogP contribution in [-0.2, 0) is 0 Å². The summed E-state index contributed by atoms with van der Waals surface area (Å²) < 4.78 is 5.52. The third-order valence-electron chi connectivity index (χ3n) is 2.57. The topological polar surface area (TPSA) is 49.7 Å². The molecule has 0 aliphatic heterocycles. The van der Waals surface area contributed by atoms with Crippen LogP contribution >= 0.6 is 0 Å². The first-order valence-corrected chi connectivity index (χ1v) is 5.11. The summed E-state index contributed by atoms with van der Waals surface area (Å²) in [5.74, 6) is 1.12. The van der Waals surface area contributed by atoms with Crippen LogP contribution in [0.3, 0.4) is 0 Å². The smallest absolute Gasteiger partial charge is 0.122 e. The molecule has 0 aromatic heterocycles. The molecule has 0 saturated heterocycles. The van der Waals surface area contributed by atoms with Gasteiger partial charge in [-0.15, -0.1) is 0 Å². The van der Waals surface area contributed by atoms with Crippen LogP contribution in [0.1, 0.15) is 23.1 Å². The Kier molecular flexibility index (Phi) is 3.97. The second kappa shape index (κ2) is 5.03. The van der Waals surface area contributed by atoms with Gasteiger partial charge in [-0.25, -0.2) is 0 Å². The number of hydrogen-bond donors (Lipinski definition) is 2. The van der Waals surface area contributed by atoms with Gasteiger partial charge in [0.1, 0.15) is 11.5 Å². The molecule has 3 nitrogen and oxygen atoms in total. The standard InChI is InChI=1S/C12H18O3/c1-8-7-11(15-6-4-5-13)9(2)10(3)12(8)14/h7,13-14H,4-6H2,1-3H3. The Bertz CT molecular complexity index is 345. The van der Waals surface area contributed by atoms with E-state index in [1.54, 1.807) is 0 Å². The van der Waals surface area contributed by atoms with Crippen LogP contribution in [0.2, 0.25) is 0 Å². The van der Waals surface area contributed by atoms with Crippen molar-refractivity contribution in [1.82, 2.24) is 0 Å². The molecule has 1 aromatic rings. The SMILES string of the molecule is Cc1cc(OCCCO)c(C)c(C)c1O. The Morgan fingerprint density at radius 1 is 1.20 bits per heavy atom. The van der Waals surface area contributed by atoms with Gasteiger partial charge >= 0.3 is 0 Å². The Morgan fingerprint density at radius 2 is 1.87 bits per heavy atom. The molecule has 84 valence electrons. The highest BCUT2D eigenvalue weighted by molar-refractivity contribution is 5.51. The molecule has 0 fully saturated rings. The summed E-state index contributed by atoms with van der Waals surface area (Å²) in [7, 11) is 0. The Labute approximate surface area is 90.3 Å². The van der Waals surface area contributed by atoms with E-state index in [1.807, 2.05) is 26.8 Å². The van der Waals surface area contributed by atoms with Crippen LogP contribution in [0.5, 0.6) is 11.5 Å². The van der Waals surface area contributed by atoms with Crippen molar-refractivity contribution in [2.24, 2.45) is 0 Å². The molecular weight excluding hydrogens is 192 g/mol. The first kappa shape index (κ1) is 11.9. The highest BCUT2D eigenvalue weighted by Gasteiger charge is 2.09. The third-order valence-corrected chi connectivity index (χ3v) is 2.57. The van der Waals surface area contributed by atoms with Gasteiger partial charge in [0.05, 0.1) is 6.61 Å². The summed E-state index contributed by atoms with van der Waals surface area (Å²) >= 11 is 0. The summed E-state index contributed by atoms with van der Waals surface area (Å²) in [6, 6.07) is 1.83. The monoisotopic (exact) mass is 210 g/mol. The zero-order valence-corrected chi connectivity index (χ0v) is 9.50. The maximum absolute atomic E-state index is 9.69. The summed E-state index contributed by atoms with van der Waals surface area (Å²) in [5.41, 5.74) is 2.63. The second-order valence-electron chi connectivity index (χ2n) is 3.72. The zero-order valence-electron chi connectivity index (χ0n) is 9.50. The number of benzene rings is 1. The van der Waals surface area contributed by atoms with Gasteiger partial charge in [0, 0.05) is 13.0 Å². The van der Waals surface area contributed by atoms with E-state index < -0.39 is 0 Å². The van der Waals surface area contributed by atoms with E-state index in [2.05, 4.69) is 0 Å². The highest BCUT2D eigenvalue weighted by Crippen LogP contribution is 2.31. The van der Waals surface area contributed by atoms with Crippen LogP contribution in [0, 0.1) is 20.8 Å². The van der Waals surface area contributed by atoms with Crippen molar-refractivity contribution in [3.63, 3.8) is 0 Å². The van der Waals surface area contributed by atoms with Crippen molar-refractivity contribution < 1.29 is 14.9 Å². The molecular formula is C12H18O3. The lowest BCUT2D eigenvalue weighted by molar-refractivity contribution is 0.232. The van der Waals surface area contributed by atoms with Gasteiger partial charge in [-0.05, 0) is 43.5 Å². The van der Waals surface area contributed by atoms with Crippen molar-refractivity contribution in [3.05, 3.63) is 22.8 Å². The van der Waals surface area contributed by atoms with Gasteiger partial charge in [0.15, 0.2) is 0 Å². The number of hydrogen-bond acceptors (Lipinski definition) is 3. The number of phenolic OH excluding ortho intramolecular Hbond substituents is 1. The molecule has 0 bridgehead atoms. The first-order valence-electron chi connectivity index (χ1n) is 5.11. The lowest BCUT2D eigenvalue weighted by atomic mass is 10.0. The van der Waals surface area contributed by atoms with E-state index in [4.69, 9.17) is 9.84 Å². The van der Waals surface area contributed by atoms with Gasteiger partial charge in [-0.1, -0.05) is 0 Å². The lowest BCUT2D eigenvalue weighted by Crippen LogP contribution is -2.02. The average Bonchev–Trinajstić information content (AvgIpc) is 2.23. The minimum atomic E-state index is 0.134. The van der Waals surface area contributed by atoms with E-state index in [0.717, 1.165) is 22.4 Å². The molecule has 0 unspecified atom stereocenters. The lowest BCUT2D eigenvalue weighted by Gasteiger charge is -2.13. The number of aliphatic hydroxyl groups excluding tert-OH is 1. The molecule has 0 amide bonds. The minimum absolute atomic E-state index is 0.134. The number of ether oxygens (including phenoxy) is 1. The van der Waals surface area contributed by atoms with E-state index in [-0.39, 0.29) is 6.61 Å². The molecule has 1 aromatic carbocycles. The molecule has 0 aliphatic rings. The molecule has 1 rings (SSSR count). The average molecular weight is 210 g/mol. The van der Waals surface area contributed by atoms with Crippen molar-refractivity contribution in [1.29, 1.82) is 0 Å². The predicted molar refractivity (Wildman–Crippen MR) is 59.5 cm³/mol. The third kappa shape index (κ3) is 2.63. The fourth-order valence-corrected chi connectivity index (χ4v) is 1.43. The maximum Gasteiger partial charge on any atom is 0.122 e. The summed E-state index contributed by atoms with van der Waals surface area (Å²) in [5, 5.41) is 18.3. The number of aromatic hydroxyl groups is 1. The van der Waals surface area contributed by atoms with Gasteiger partial charge in [0.25, 0.3) is 0 Å². The van der Waals surface area contributed by atoms with Crippen molar-refractivity contribution >= 4 is 0 Å². The number of phenols is 1. The second-order valence-corrected chi connectivity index (χ2v) is 3.72. The number of rotatable bonds is 4. The predicted octanol–water partition coefficient (Wildman–Crippen LogP) is 2.08.